The van der Waals surface area contributed by atoms with E-state index < -0.39 is 17.9 Å². The maximum Gasteiger partial charge on any atom is 0.235 e. The molecule has 2 aromatic rings. The zero-order chi connectivity index (χ0) is 18.7. The molecule has 2 saturated heterocycles. The normalized spacial score (nSPS) is 28.2. The first kappa shape index (κ1) is 16.0. The summed E-state index contributed by atoms with van der Waals surface area (Å²) < 4.78 is 0. The third kappa shape index (κ3) is 2.08. The average Bonchev–Trinajstić information content (AvgIpc) is 3.17. The average molecular weight is 358 g/mol. The molecule has 27 heavy (non-hydrogen) atoms. The van der Waals surface area contributed by atoms with E-state index in [9.17, 15) is 14.4 Å². The van der Waals surface area contributed by atoms with Crippen LogP contribution in [0.25, 0.3) is 6.08 Å². The van der Waals surface area contributed by atoms with Gasteiger partial charge in [0.1, 0.15) is 6.04 Å². The lowest BCUT2D eigenvalue weighted by molar-refractivity contribution is -0.138. The molecule has 5 nitrogen and oxygen atoms in total. The molecule has 0 N–H and O–H groups in total. The van der Waals surface area contributed by atoms with Crippen LogP contribution in [0.15, 0.2) is 60.7 Å². The van der Waals surface area contributed by atoms with E-state index in [1.165, 1.54) is 11.9 Å². The van der Waals surface area contributed by atoms with Gasteiger partial charge in [0.15, 0.2) is 5.78 Å². The van der Waals surface area contributed by atoms with E-state index in [4.69, 9.17) is 0 Å². The molecule has 0 bridgehead atoms. The van der Waals surface area contributed by atoms with Crippen molar-refractivity contribution in [1.82, 2.24) is 4.90 Å². The van der Waals surface area contributed by atoms with E-state index in [0.29, 0.717) is 5.56 Å². The van der Waals surface area contributed by atoms with Crippen LogP contribution in [-0.4, -0.2) is 41.6 Å². The van der Waals surface area contributed by atoms with Crippen LogP contribution in [0.4, 0.5) is 5.69 Å². The molecule has 2 fully saturated rings. The molecule has 4 atom stereocenters. The van der Waals surface area contributed by atoms with Gasteiger partial charge in [-0.05, 0) is 11.6 Å². The molecule has 0 aliphatic carbocycles. The van der Waals surface area contributed by atoms with Crippen LogP contribution in [0.1, 0.15) is 15.9 Å². The number of nitrogens with zero attached hydrogens (tertiary/aromatic N) is 2. The number of ketones is 1. The fourth-order valence-corrected chi connectivity index (χ4v) is 4.74. The number of anilines is 1. The SMILES string of the molecule is CN1C(=O)[C@@H]2[C@H](C1=O)[C@H](C(=O)c1ccccc1)N1c3ccccc3C=C[C@@H]21. The Balaban J connectivity index is 1.69. The second-order valence-corrected chi connectivity index (χ2v) is 7.28. The first-order chi connectivity index (χ1) is 13.1. The monoisotopic (exact) mass is 358 g/mol. The van der Waals surface area contributed by atoms with Crippen LogP contribution in [-0.2, 0) is 9.59 Å². The fraction of sp³-hybridized carbons (Fsp3) is 0.227. The predicted octanol–water partition coefficient (Wildman–Crippen LogP) is 2.38. The van der Waals surface area contributed by atoms with Gasteiger partial charge in [-0.25, -0.2) is 0 Å². The summed E-state index contributed by atoms with van der Waals surface area (Å²) in [6.45, 7) is 0. The van der Waals surface area contributed by atoms with Crippen molar-refractivity contribution in [2.45, 2.75) is 12.1 Å². The van der Waals surface area contributed by atoms with E-state index >= 15 is 0 Å². The van der Waals surface area contributed by atoms with E-state index in [0.717, 1.165) is 11.3 Å². The van der Waals surface area contributed by atoms with Gasteiger partial charge < -0.3 is 4.90 Å². The summed E-state index contributed by atoms with van der Waals surface area (Å²) in [6.07, 6.45) is 3.95. The van der Waals surface area contributed by atoms with Gasteiger partial charge >= 0.3 is 0 Å². The van der Waals surface area contributed by atoms with Crippen LogP contribution in [0.3, 0.4) is 0 Å². The number of Topliss-reactive ketones (excluding diaryl/α,β-unsaturated/α-hetero) is 1. The van der Waals surface area contributed by atoms with Gasteiger partial charge in [-0.15, -0.1) is 0 Å². The summed E-state index contributed by atoms with van der Waals surface area (Å²) in [4.78, 5) is 42.3. The van der Waals surface area contributed by atoms with Crippen molar-refractivity contribution in [2.75, 3.05) is 11.9 Å². The summed E-state index contributed by atoms with van der Waals surface area (Å²) in [7, 11) is 1.51. The Morgan fingerprint density at radius 2 is 1.56 bits per heavy atom. The predicted molar refractivity (Wildman–Crippen MR) is 101 cm³/mol. The summed E-state index contributed by atoms with van der Waals surface area (Å²) in [5.41, 5.74) is 2.45. The van der Waals surface area contributed by atoms with Gasteiger partial charge in [0.25, 0.3) is 0 Å². The Bertz CT molecular complexity index is 998. The Morgan fingerprint density at radius 1 is 0.889 bits per heavy atom. The minimum absolute atomic E-state index is 0.116. The van der Waals surface area contributed by atoms with Crippen LogP contribution < -0.4 is 4.90 Å². The highest BCUT2D eigenvalue weighted by molar-refractivity contribution is 6.13. The van der Waals surface area contributed by atoms with Gasteiger partial charge in [0.05, 0.1) is 17.9 Å². The quantitative estimate of drug-likeness (QED) is 0.611. The molecule has 5 rings (SSSR count). The van der Waals surface area contributed by atoms with Crippen molar-refractivity contribution in [3.05, 3.63) is 71.8 Å². The number of hydrogen-bond donors (Lipinski definition) is 0. The Morgan fingerprint density at radius 3 is 2.33 bits per heavy atom. The number of benzene rings is 2. The molecular weight excluding hydrogens is 340 g/mol. The smallest absolute Gasteiger partial charge is 0.235 e. The minimum Gasteiger partial charge on any atom is -0.352 e. The second-order valence-electron chi connectivity index (χ2n) is 7.28. The number of carbonyl (C=O) groups is 3. The van der Waals surface area contributed by atoms with Crippen LogP contribution >= 0.6 is 0 Å². The summed E-state index contributed by atoms with van der Waals surface area (Å²) >= 11 is 0. The first-order valence-electron chi connectivity index (χ1n) is 9.06. The van der Waals surface area contributed by atoms with Crippen molar-refractivity contribution in [2.24, 2.45) is 11.8 Å². The molecule has 3 aliphatic heterocycles. The Labute approximate surface area is 156 Å². The van der Waals surface area contributed by atoms with Gasteiger partial charge in [0.2, 0.25) is 11.8 Å². The third-order valence-electron chi connectivity index (χ3n) is 5.96. The molecule has 0 saturated carbocycles. The molecule has 2 aromatic carbocycles. The number of carbonyl (C=O) groups excluding carboxylic acids is 3. The lowest BCUT2D eigenvalue weighted by Crippen LogP contribution is -2.48. The molecule has 0 radical (unpaired) electrons. The van der Waals surface area contributed by atoms with Crippen molar-refractivity contribution < 1.29 is 14.4 Å². The topological polar surface area (TPSA) is 57.7 Å². The van der Waals surface area contributed by atoms with Crippen molar-refractivity contribution >= 4 is 29.4 Å². The summed E-state index contributed by atoms with van der Waals surface area (Å²) in [5, 5.41) is 0. The first-order valence-corrected chi connectivity index (χ1v) is 9.06. The van der Waals surface area contributed by atoms with Crippen LogP contribution in [0, 0.1) is 11.8 Å². The maximum absolute atomic E-state index is 13.5. The molecule has 134 valence electrons. The van der Waals surface area contributed by atoms with Crippen molar-refractivity contribution in [1.29, 1.82) is 0 Å². The second kappa shape index (κ2) is 5.64. The number of rotatable bonds is 2. The molecule has 0 unspecified atom stereocenters. The van der Waals surface area contributed by atoms with Crippen LogP contribution in [0.5, 0.6) is 0 Å². The molecule has 0 spiro atoms. The molecule has 0 aromatic heterocycles. The van der Waals surface area contributed by atoms with Crippen LogP contribution in [0.2, 0.25) is 0 Å². The number of amides is 2. The Kier molecular flexibility index (Phi) is 3.34. The maximum atomic E-state index is 13.5. The van der Waals surface area contributed by atoms with Gasteiger partial charge in [0, 0.05) is 18.3 Å². The fourth-order valence-electron chi connectivity index (χ4n) is 4.74. The number of fused-ring (bicyclic) bond motifs is 5. The van der Waals surface area contributed by atoms with E-state index in [-0.39, 0.29) is 23.6 Å². The Hall–Kier alpha value is -3.21. The number of para-hydroxylation sites is 1. The molecule has 3 heterocycles. The highest BCUT2D eigenvalue weighted by Gasteiger charge is 2.63. The van der Waals surface area contributed by atoms with Gasteiger partial charge in [-0.3, -0.25) is 19.3 Å². The summed E-state index contributed by atoms with van der Waals surface area (Å²) in [5.74, 6) is -1.76. The van der Waals surface area contributed by atoms with Crippen molar-refractivity contribution in [3.63, 3.8) is 0 Å². The number of likely N-dealkylation sites (tertiary alicyclic amines) is 1. The molecule has 2 amide bonds. The highest BCUT2D eigenvalue weighted by Crippen LogP contribution is 2.48. The van der Waals surface area contributed by atoms with E-state index in [1.807, 2.05) is 59.5 Å². The molecule has 3 aliphatic rings. The zero-order valence-corrected chi connectivity index (χ0v) is 14.8. The molecular formula is C22H18N2O3. The third-order valence-corrected chi connectivity index (χ3v) is 5.96. The van der Waals surface area contributed by atoms with Crippen molar-refractivity contribution in [3.8, 4) is 0 Å². The standard InChI is InChI=1S/C22H18N2O3/c1-23-21(26)17-16-12-11-13-7-5-6-10-15(13)24(16)19(18(17)22(23)27)20(25)14-8-3-2-4-9-14/h2-12,16-19H,1H3/t16-,17-,18-,19+/m0/s1. The summed E-state index contributed by atoms with van der Waals surface area (Å²) in [6, 6.07) is 15.8. The highest BCUT2D eigenvalue weighted by atomic mass is 16.2. The van der Waals surface area contributed by atoms with Gasteiger partial charge in [-0.1, -0.05) is 60.7 Å². The van der Waals surface area contributed by atoms with Gasteiger partial charge in [-0.2, -0.15) is 0 Å². The number of imide groups is 1. The van der Waals surface area contributed by atoms with E-state index in [1.54, 1.807) is 12.1 Å². The minimum atomic E-state index is -0.685. The van der Waals surface area contributed by atoms with E-state index in [2.05, 4.69) is 0 Å². The molecule has 5 heteroatoms. The number of hydrogen-bond acceptors (Lipinski definition) is 4. The lowest BCUT2D eigenvalue weighted by atomic mass is 9.86. The largest absolute Gasteiger partial charge is 0.352 e. The zero-order valence-electron chi connectivity index (χ0n) is 14.8. The lowest BCUT2D eigenvalue weighted by Gasteiger charge is -2.36.